The van der Waals surface area contributed by atoms with Crippen LogP contribution in [0.4, 0.5) is 68.8 Å². The maximum atomic E-state index is 14.0. The van der Waals surface area contributed by atoms with Gasteiger partial charge in [0.05, 0.1) is 39.4 Å². The van der Waals surface area contributed by atoms with Crippen LogP contribution in [-0.2, 0) is 39.3 Å². The van der Waals surface area contributed by atoms with E-state index in [0.29, 0.717) is 60.8 Å². The molecule has 0 aliphatic carbocycles. The van der Waals surface area contributed by atoms with E-state index in [2.05, 4.69) is 118 Å². The van der Waals surface area contributed by atoms with Crippen molar-refractivity contribution >= 4 is 150 Å². The minimum atomic E-state index is -0.463. The van der Waals surface area contributed by atoms with Crippen LogP contribution < -0.4 is 73.6 Å². The molecule has 0 saturated carbocycles. The van der Waals surface area contributed by atoms with Crippen molar-refractivity contribution in [2.75, 3.05) is 63.1 Å². The van der Waals surface area contributed by atoms with Gasteiger partial charge in [-0.1, -0.05) is 194 Å². The highest BCUT2D eigenvalue weighted by molar-refractivity contribution is 6.30. The van der Waals surface area contributed by atoms with Gasteiger partial charge in [-0.05, 0) is 192 Å². The number of nitrogens with one attached hydrogen (secondary N) is 2. The molecule has 1 amide bonds. The molecule has 12 aromatic carbocycles. The average Bonchev–Trinajstić information content (AvgIpc) is 1.65. The van der Waals surface area contributed by atoms with Crippen molar-refractivity contribution in [2.24, 2.45) is 0 Å². The highest BCUT2D eigenvalue weighted by Gasteiger charge is 2.26. The van der Waals surface area contributed by atoms with Crippen molar-refractivity contribution in [1.29, 1.82) is 0 Å². The SMILES string of the molecule is Cl.Cl.Nc1nccc(-n2ccc3c(OCCc4ccccc4)cccc32)n1.Nc1nccc(-n2ccc3c(OCc4cccc(Cl)c4F)cccc32)n1.Nc1nccc(-n2ccc3cc(C(=O)Nc4ccccc4)ccc32)n1.Nc1nccc(-n2ccc3cc(OCc4ccccc4)ccc32)n1.Nc1nccc(N2CCc3c(OCc4ccccc4)cccc32)n1.Nc1nccc(Nc2ccccc2OCc2ccccc2)n1. The molecule has 22 aromatic rings. The lowest BCUT2D eigenvalue weighted by atomic mass is 10.1. The summed E-state index contributed by atoms with van der Waals surface area (Å²) in [5.41, 5.74) is 47.5. The number of ether oxygens (including phenoxy) is 5. The van der Waals surface area contributed by atoms with E-state index < -0.39 is 5.82 Å². The number of carbonyl (C=O) groups excluding carboxylic acids is 1. The molecule has 0 fully saturated rings. The Balaban J connectivity index is 0.000000126. The van der Waals surface area contributed by atoms with Gasteiger partial charge in [0.1, 0.15) is 95.9 Å². The largest absolute Gasteiger partial charge is 0.493 e. The number of aromatic nitrogens is 16. The zero-order valence-electron chi connectivity index (χ0n) is 79.4. The molecule has 740 valence electrons. The van der Waals surface area contributed by atoms with Crippen LogP contribution in [0.5, 0.6) is 28.7 Å². The lowest BCUT2D eigenvalue weighted by Crippen LogP contribution is -2.15. The normalized spacial score (nSPS) is 10.9. The van der Waals surface area contributed by atoms with Gasteiger partial charge in [0.2, 0.25) is 35.7 Å². The first-order valence-corrected chi connectivity index (χ1v) is 46.7. The molecule has 23 rings (SSSR count). The first-order chi connectivity index (χ1) is 71.6. The Kier molecular flexibility index (Phi) is 34.1. The van der Waals surface area contributed by atoms with Crippen LogP contribution in [0.15, 0.2) is 408 Å². The Labute approximate surface area is 867 Å². The summed E-state index contributed by atoms with van der Waals surface area (Å²) in [7, 11) is 0. The first-order valence-electron chi connectivity index (χ1n) is 46.4. The first kappa shape index (κ1) is 102. The molecule has 35 heteroatoms. The number of anilines is 11. The fourth-order valence-corrected chi connectivity index (χ4v) is 16.3. The van der Waals surface area contributed by atoms with E-state index in [-0.39, 0.29) is 78.0 Å². The second-order valence-electron chi connectivity index (χ2n) is 32.8. The number of benzene rings is 12. The standard InChI is InChI=1S/C20H18N4O.C19H14ClFN4O.C19H15N5O.C19H18N4O.C19H16N4O.C17H16N4O.2ClH/c21-20-22-12-9-19(23-20)24-13-10-16-17(24)7-4-8-18(16)25-14-11-15-5-2-1-3-6-15;20-14-4-1-3-12(18(14)21)11-26-16-6-2-5-15-13(16)8-10-25(15)17-7-9-23-19(22)24-17;20-19-21-10-8-17(23-19)24-11-9-13-12-14(6-7-16(13)24)18(25)22-15-4-2-1-3-5-15;20-19-21-11-9-18(22-19)23-12-10-15-16(23)7-4-8-17(15)24-13-14-5-2-1-3-6-14;20-19-21-10-8-18(22-19)23-11-9-15-12-16(6-7-17(15)23)24-13-14-4-2-1-3-5-14;18-17-19-11-10-16(21-17)20-14-8-4-5-9-15(14)22-12-13-6-2-1-3-7-13;;/h1-10,12-13H,11,14H2,(H2,21,22,23);1-10H,11H2,(H2,22,23,24);1-12H,(H,22,25)(H2,20,21,23);1-9,11H,10,12-13H2,(H2,20,21,22);1-12H,13H2,(H2,20,21,22);1-11H,12H2,(H3,18,19,20,21);2*1H. The van der Waals surface area contributed by atoms with Gasteiger partial charge in [0.25, 0.3) is 5.91 Å². The summed E-state index contributed by atoms with van der Waals surface area (Å²) < 4.78 is 51.5. The smallest absolute Gasteiger partial charge is 0.255 e. The van der Waals surface area contributed by atoms with Crippen LogP contribution in [-0.4, -0.2) is 97.1 Å². The van der Waals surface area contributed by atoms with Gasteiger partial charge in [-0.15, -0.1) is 24.8 Å². The van der Waals surface area contributed by atoms with Crippen LogP contribution in [0, 0.1) is 5.82 Å². The van der Waals surface area contributed by atoms with E-state index >= 15 is 0 Å². The maximum Gasteiger partial charge on any atom is 0.255 e. The van der Waals surface area contributed by atoms with E-state index in [1.54, 1.807) is 73.6 Å². The van der Waals surface area contributed by atoms with Crippen LogP contribution >= 0.6 is 36.4 Å². The third-order valence-corrected chi connectivity index (χ3v) is 23.3. The van der Waals surface area contributed by atoms with Crippen LogP contribution in [0.25, 0.3) is 66.9 Å². The Morgan fingerprint density at radius 3 is 1.30 bits per heavy atom. The quantitative estimate of drug-likeness (QED) is 0.0263. The molecule has 1 aliphatic heterocycles. The van der Waals surface area contributed by atoms with Gasteiger partial charge in [0, 0.05) is 125 Å². The summed E-state index contributed by atoms with van der Waals surface area (Å²) in [6.45, 7) is 3.20. The Morgan fingerprint density at radius 1 is 0.358 bits per heavy atom. The number of carbonyl (C=O) groups is 1. The van der Waals surface area contributed by atoms with E-state index in [4.69, 9.17) is 69.7 Å². The third kappa shape index (κ3) is 26.3. The zero-order chi connectivity index (χ0) is 100. The van der Waals surface area contributed by atoms with Crippen molar-refractivity contribution < 1.29 is 32.9 Å². The summed E-state index contributed by atoms with van der Waals surface area (Å²) in [6.07, 6.45) is 19.3. The molecule has 148 heavy (non-hydrogen) atoms. The number of nitrogen functional groups attached to an aromatic ring is 6. The van der Waals surface area contributed by atoms with Gasteiger partial charge < -0.3 is 91.9 Å². The maximum absolute atomic E-state index is 14.0. The molecule has 0 unspecified atom stereocenters. The van der Waals surface area contributed by atoms with Crippen molar-refractivity contribution in [3.05, 3.63) is 458 Å². The second-order valence-corrected chi connectivity index (χ2v) is 33.2. The van der Waals surface area contributed by atoms with Crippen LogP contribution in [0.3, 0.4) is 0 Å². The van der Waals surface area contributed by atoms with Crippen molar-refractivity contribution in [1.82, 2.24) is 78.1 Å². The number of para-hydroxylation sites is 3. The van der Waals surface area contributed by atoms with Gasteiger partial charge in [-0.2, -0.15) is 29.9 Å². The molecule has 1 aliphatic rings. The fourth-order valence-electron chi connectivity index (χ4n) is 16.1. The zero-order valence-corrected chi connectivity index (χ0v) is 81.8. The summed E-state index contributed by atoms with van der Waals surface area (Å²) in [5, 5.41) is 10.1. The van der Waals surface area contributed by atoms with Gasteiger partial charge in [0.15, 0.2) is 0 Å². The number of rotatable bonds is 25. The molecule has 0 atom stereocenters. The minimum absolute atomic E-state index is 0. The van der Waals surface area contributed by atoms with Gasteiger partial charge in [-0.25, -0.2) is 34.3 Å². The van der Waals surface area contributed by atoms with Crippen molar-refractivity contribution in [2.45, 2.75) is 39.3 Å². The summed E-state index contributed by atoms with van der Waals surface area (Å²) in [5.74, 6) is 9.16. The Hall–Kier alpha value is -19.1. The topological polar surface area (TPSA) is 421 Å². The van der Waals surface area contributed by atoms with E-state index in [9.17, 15) is 9.18 Å². The fraction of sp³-hybridized carbons (Fsp3) is 0.0708. The molecule has 0 radical (unpaired) electrons. The van der Waals surface area contributed by atoms with Gasteiger partial charge in [-0.3, -0.25) is 4.79 Å². The number of amides is 1. The summed E-state index contributed by atoms with van der Waals surface area (Å²) in [6, 6.07) is 111. The molecule has 10 aromatic heterocycles. The number of hydrogen-bond acceptors (Lipinski definition) is 26. The molecular weight excluding hydrogens is 1930 g/mol. The van der Waals surface area contributed by atoms with E-state index in [1.807, 2.05) is 304 Å². The molecule has 31 nitrogen and oxygen atoms in total. The molecule has 0 saturated heterocycles. The summed E-state index contributed by atoms with van der Waals surface area (Å²) in [4.78, 5) is 63.6. The monoisotopic (exact) mass is 2030 g/mol. The highest BCUT2D eigenvalue weighted by atomic mass is 35.5. The van der Waals surface area contributed by atoms with E-state index in [1.165, 1.54) is 17.2 Å². The summed E-state index contributed by atoms with van der Waals surface area (Å²) >= 11 is 5.82. The average molecular weight is 2030 g/mol. The van der Waals surface area contributed by atoms with Crippen molar-refractivity contribution in [3.63, 3.8) is 0 Å². The number of nitrogens with zero attached hydrogens (tertiary/aromatic N) is 17. The number of halogens is 4. The third-order valence-electron chi connectivity index (χ3n) is 23.0. The molecule has 14 N–H and O–H groups in total. The predicted molar refractivity (Wildman–Crippen MR) is 585 cm³/mol. The molecule has 0 spiro atoms. The van der Waals surface area contributed by atoms with E-state index in [0.717, 1.165) is 137 Å². The van der Waals surface area contributed by atoms with Crippen LogP contribution in [0.1, 0.15) is 43.7 Å². The van der Waals surface area contributed by atoms with Crippen LogP contribution in [0.2, 0.25) is 5.02 Å². The number of fused-ring (bicyclic) bond motifs is 5. The second kappa shape index (κ2) is 49.6. The predicted octanol–water partition coefficient (Wildman–Crippen LogP) is 22.4. The molecular formula is C113H99Cl3FN25O6. The number of nitrogens with two attached hydrogens (primary N) is 6. The molecule has 11 heterocycles. The van der Waals surface area contributed by atoms with Gasteiger partial charge >= 0.3 is 0 Å². The Morgan fingerprint density at radius 2 is 0.770 bits per heavy atom. The lowest BCUT2D eigenvalue weighted by Gasteiger charge is -2.18. The highest BCUT2D eigenvalue weighted by Crippen LogP contribution is 2.40. The Bertz CT molecular complexity index is 8190. The molecule has 0 bridgehead atoms. The minimum Gasteiger partial charge on any atom is -0.493 e. The number of hydrogen-bond donors (Lipinski definition) is 8. The lowest BCUT2D eigenvalue weighted by molar-refractivity contribution is 0.102. The van der Waals surface area contributed by atoms with Crippen molar-refractivity contribution in [3.8, 4) is 52.0 Å².